The molecule has 3 amide bonds. The largest absolute Gasteiger partial charge is 0.325 e. The van der Waals surface area contributed by atoms with E-state index >= 15 is 0 Å². The van der Waals surface area contributed by atoms with Crippen molar-refractivity contribution in [1.29, 1.82) is 0 Å². The van der Waals surface area contributed by atoms with Crippen LogP contribution in [0.3, 0.4) is 0 Å². The molecule has 1 aromatic rings. The second-order valence-corrected chi connectivity index (χ2v) is 6.79. The molecule has 1 saturated carbocycles. The number of benzene rings is 1. The number of imide groups is 1. The number of carbonyl (C=O) groups is 3. The fraction of sp³-hybridized carbons (Fsp3) is 0.471. The van der Waals surface area contributed by atoms with E-state index < -0.39 is 5.41 Å². The third-order valence-corrected chi connectivity index (χ3v) is 4.98. The Labute approximate surface area is 140 Å². The van der Waals surface area contributed by atoms with Crippen molar-refractivity contribution in [3.8, 4) is 0 Å². The lowest BCUT2D eigenvalue weighted by molar-refractivity contribution is -0.144. The zero-order chi connectivity index (χ0) is 16.4. The van der Waals surface area contributed by atoms with E-state index in [-0.39, 0.29) is 30.7 Å². The summed E-state index contributed by atoms with van der Waals surface area (Å²) in [7, 11) is 0. The average molecular weight is 335 g/mol. The van der Waals surface area contributed by atoms with Crippen molar-refractivity contribution in [3.63, 3.8) is 0 Å². The molecule has 0 unspecified atom stereocenters. The number of anilines is 1. The highest BCUT2D eigenvalue weighted by molar-refractivity contribution is 6.30. The van der Waals surface area contributed by atoms with Gasteiger partial charge in [0, 0.05) is 17.1 Å². The van der Waals surface area contributed by atoms with Crippen LogP contribution in [-0.2, 0) is 14.4 Å². The number of likely N-dealkylation sites (tertiary alicyclic amines) is 1. The Morgan fingerprint density at radius 3 is 2.43 bits per heavy atom. The number of halogens is 1. The highest BCUT2D eigenvalue weighted by Crippen LogP contribution is 2.45. The Morgan fingerprint density at radius 2 is 1.78 bits per heavy atom. The van der Waals surface area contributed by atoms with Crippen LogP contribution in [0.2, 0.25) is 5.02 Å². The molecule has 6 heteroatoms. The zero-order valence-corrected chi connectivity index (χ0v) is 13.6. The summed E-state index contributed by atoms with van der Waals surface area (Å²) in [6.45, 7) is -0.220. The van der Waals surface area contributed by atoms with Gasteiger partial charge in [0.2, 0.25) is 17.7 Å². The van der Waals surface area contributed by atoms with Crippen LogP contribution < -0.4 is 5.32 Å². The second kappa shape index (κ2) is 6.32. The highest BCUT2D eigenvalue weighted by atomic mass is 35.5. The number of nitrogens with one attached hydrogen (secondary N) is 1. The molecule has 0 radical (unpaired) electrons. The lowest BCUT2D eigenvalue weighted by Crippen LogP contribution is -2.41. The maximum atomic E-state index is 12.6. The molecule has 1 aliphatic heterocycles. The first-order chi connectivity index (χ1) is 11.0. The third-order valence-electron chi connectivity index (χ3n) is 4.73. The number of rotatable bonds is 3. The molecule has 5 nitrogen and oxygen atoms in total. The molecule has 2 fully saturated rings. The molecule has 1 N–H and O–H groups in total. The van der Waals surface area contributed by atoms with Gasteiger partial charge in [-0.05, 0) is 37.1 Å². The van der Waals surface area contributed by atoms with Crippen LogP contribution in [0.5, 0.6) is 0 Å². The summed E-state index contributed by atoms with van der Waals surface area (Å²) in [5.74, 6) is -0.779. The summed E-state index contributed by atoms with van der Waals surface area (Å²) < 4.78 is 0. The molecule has 1 aromatic carbocycles. The van der Waals surface area contributed by atoms with Crippen LogP contribution in [-0.4, -0.2) is 29.2 Å². The van der Waals surface area contributed by atoms with Crippen molar-refractivity contribution >= 4 is 35.0 Å². The van der Waals surface area contributed by atoms with Crippen molar-refractivity contribution in [1.82, 2.24) is 4.90 Å². The quantitative estimate of drug-likeness (QED) is 0.864. The molecular formula is C17H19ClN2O3. The van der Waals surface area contributed by atoms with Crippen LogP contribution in [0.1, 0.15) is 38.5 Å². The number of carbonyl (C=O) groups excluding carboxylic acids is 3. The number of amides is 3. The first kappa shape index (κ1) is 16.0. The molecule has 0 aromatic heterocycles. The van der Waals surface area contributed by atoms with Gasteiger partial charge >= 0.3 is 0 Å². The SMILES string of the molecule is O=C(CN1C(=O)CC2(CCCCC2)C1=O)Nc1ccc(Cl)cc1. The van der Waals surface area contributed by atoms with E-state index in [0.717, 1.165) is 37.0 Å². The summed E-state index contributed by atoms with van der Waals surface area (Å²) in [4.78, 5) is 38.1. The van der Waals surface area contributed by atoms with Gasteiger partial charge in [-0.25, -0.2) is 0 Å². The lowest BCUT2D eigenvalue weighted by Gasteiger charge is -2.30. The number of hydrogen-bond donors (Lipinski definition) is 1. The molecule has 0 atom stereocenters. The predicted octanol–water partition coefficient (Wildman–Crippen LogP) is 2.99. The summed E-state index contributed by atoms with van der Waals surface area (Å²) in [6.07, 6.45) is 4.83. The molecule has 122 valence electrons. The topological polar surface area (TPSA) is 66.5 Å². The van der Waals surface area contributed by atoms with Crippen LogP contribution >= 0.6 is 11.6 Å². The van der Waals surface area contributed by atoms with E-state index in [4.69, 9.17) is 11.6 Å². The molecule has 1 saturated heterocycles. The van der Waals surface area contributed by atoms with Gasteiger partial charge in [0.25, 0.3) is 0 Å². The lowest BCUT2D eigenvalue weighted by atomic mass is 9.73. The van der Waals surface area contributed by atoms with Gasteiger partial charge in [0.1, 0.15) is 6.54 Å². The predicted molar refractivity (Wildman–Crippen MR) is 86.9 cm³/mol. The Bertz CT molecular complexity index is 636. The molecule has 2 aliphatic rings. The van der Waals surface area contributed by atoms with E-state index in [1.807, 2.05) is 0 Å². The third kappa shape index (κ3) is 3.24. The second-order valence-electron chi connectivity index (χ2n) is 6.36. The van der Waals surface area contributed by atoms with Crippen molar-refractivity contribution in [3.05, 3.63) is 29.3 Å². The van der Waals surface area contributed by atoms with Gasteiger partial charge in [-0.3, -0.25) is 19.3 Å². The van der Waals surface area contributed by atoms with Gasteiger partial charge in [0.05, 0.1) is 5.41 Å². The highest BCUT2D eigenvalue weighted by Gasteiger charge is 2.51. The summed E-state index contributed by atoms with van der Waals surface area (Å²) in [5.41, 5.74) is 0.0430. The van der Waals surface area contributed by atoms with E-state index in [0.29, 0.717) is 10.7 Å². The summed E-state index contributed by atoms with van der Waals surface area (Å²) >= 11 is 5.80. The monoisotopic (exact) mass is 334 g/mol. The van der Waals surface area contributed by atoms with Crippen molar-refractivity contribution in [2.75, 3.05) is 11.9 Å². The maximum absolute atomic E-state index is 12.6. The van der Waals surface area contributed by atoms with Gasteiger partial charge in [-0.2, -0.15) is 0 Å². The Morgan fingerprint density at radius 1 is 1.13 bits per heavy atom. The maximum Gasteiger partial charge on any atom is 0.244 e. The number of nitrogens with zero attached hydrogens (tertiary/aromatic N) is 1. The zero-order valence-electron chi connectivity index (χ0n) is 12.8. The van der Waals surface area contributed by atoms with Crippen LogP contribution in [0.15, 0.2) is 24.3 Å². The van der Waals surface area contributed by atoms with Crippen molar-refractivity contribution in [2.24, 2.45) is 5.41 Å². The van der Waals surface area contributed by atoms with Crippen LogP contribution in [0.4, 0.5) is 5.69 Å². The first-order valence-corrected chi connectivity index (χ1v) is 8.28. The molecule has 3 rings (SSSR count). The smallest absolute Gasteiger partial charge is 0.244 e. The fourth-order valence-electron chi connectivity index (χ4n) is 3.52. The summed E-state index contributed by atoms with van der Waals surface area (Å²) in [5, 5.41) is 3.26. The molecule has 0 bridgehead atoms. The molecule has 1 heterocycles. The average Bonchev–Trinajstić information content (AvgIpc) is 2.75. The van der Waals surface area contributed by atoms with Crippen molar-refractivity contribution in [2.45, 2.75) is 38.5 Å². The Kier molecular flexibility index (Phi) is 4.39. The van der Waals surface area contributed by atoms with Gasteiger partial charge < -0.3 is 5.32 Å². The minimum Gasteiger partial charge on any atom is -0.325 e. The van der Waals surface area contributed by atoms with E-state index in [2.05, 4.69) is 5.32 Å². The standard InChI is InChI=1S/C17H19ClN2O3/c18-12-4-6-13(7-5-12)19-14(21)11-20-15(22)10-17(16(20)23)8-2-1-3-9-17/h4-7H,1-3,8-11H2,(H,19,21). The Balaban J connectivity index is 1.65. The van der Waals surface area contributed by atoms with E-state index in [1.165, 1.54) is 0 Å². The minimum atomic E-state index is -0.546. The molecule has 1 aliphatic carbocycles. The normalized spacial score (nSPS) is 20.1. The van der Waals surface area contributed by atoms with Crippen molar-refractivity contribution < 1.29 is 14.4 Å². The molecule has 23 heavy (non-hydrogen) atoms. The minimum absolute atomic E-state index is 0.173. The van der Waals surface area contributed by atoms with E-state index in [9.17, 15) is 14.4 Å². The number of hydrogen-bond acceptors (Lipinski definition) is 3. The van der Waals surface area contributed by atoms with Gasteiger partial charge in [-0.15, -0.1) is 0 Å². The molecular weight excluding hydrogens is 316 g/mol. The van der Waals surface area contributed by atoms with Gasteiger partial charge in [-0.1, -0.05) is 30.9 Å². The van der Waals surface area contributed by atoms with Crippen LogP contribution in [0.25, 0.3) is 0 Å². The fourth-order valence-corrected chi connectivity index (χ4v) is 3.64. The molecule has 1 spiro atoms. The summed E-state index contributed by atoms with van der Waals surface area (Å²) in [6, 6.07) is 6.69. The Hall–Kier alpha value is -1.88. The van der Waals surface area contributed by atoms with Crippen LogP contribution in [0, 0.1) is 5.41 Å². The van der Waals surface area contributed by atoms with Gasteiger partial charge in [0.15, 0.2) is 0 Å². The first-order valence-electron chi connectivity index (χ1n) is 7.90. The van der Waals surface area contributed by atoms with E-state index in [1.54, 1.807) is 24.3 Å².